The van der Waals surface area contributed by atoms with E-state index in [2.05, 4.69) is 0 Å². The summed E-state index contributed by atoms with van der Waals surface area (Å²) in [6, 6.07) is 16.5. The van der Waals surface area contributed by atoms with E-state index in [9.17, 15) is 9.59 Å². The van der Waals surface area contributed by atoms with Gasteiger partial charge in [-0.1, -0.05) is 47.5 Å². The number of carbonyl (C=O) groups excluding carboxylic acids is 1. The molecule has 27 heavy (non-hydrogen) atoms. The number of benzene rings is 2. The van der Waals surface area contributed by atoms with Crippen LogP contribution in [0.1, 0.15) is 15.9 Å². The van der Waals surface area contributed by atoms with Crippen molar-refractivity contribution < 1.29 is 4.79 Å². The standard InChI is InChI=1S/C21H12Cl2N2O2/c22-13-6-2-1-5-12(13)11-25-15-8-3-7-14(23)17(15)20(26)18-19(25)16-9-4-10-24(16)21(18)27/h1-10H,11H2. The predicted molar refractivity (Wildman–Crippen MR) is 107 cm³/mol. The van der Waals surface area contributed by atoms with Gasteiger partial charge in [-0.3, -0.25) is 14.2 Å². The number of hydrogen-bond donors (Lipinski definition) is 0. The molecule has 0 saturated carbocycles. The van der Waals surface area contributed by atoms with E-state index in [0.717, 1.165) is 5.56 Å². The van der Waals surface area contributed by atoms with Crippen molar-refractivity contribution in [1.29, 1.82) is 0 Å². The van der Waals surface area contributed by atoms with Crippen molar-refractivity contribution in [3.8, 4) is 11.4 Å². The smallest absolute Gasteiger partial charge is 0.268 e. The molecule has 0 radical (unpaired) electrons. The van der Waals surface area contributed by atoms with Crippen LogP contribution in [0, 0.1) is 0 Å². The molecule has 1 aliphatic heterocycles. The lowest BCUT2D eigenvalue weighted by Gasteiger charge is -2.17. The first-order valence-electron chi connectivity index (χ1n) is 8.39. The molecular weight excluding hydrogens is 383 g/mol. The molecule has 4 aromatic rings. The Morgan fingerprint density at radius 2 is 1.63 bits per heavy atom. The number of halogens is 2. The van der Waals surface area contributed by atoms with Gasteiger partial charge < -0.3 is 4.57 Å². The van der Waals surface area contributed by atoms with Crippen LogP contribution < -0.4 is 5.43 Å². The highest BCUT2D eigenvalue weighted by Gasteiger charge is 2.33. The van der Waals surface area contributed by atoms with Crippen LogP contribution in [0.5, 0.6) is 0 Å². The number of rotatable bonds is 2. The minimum Gasteiger partial charge on any atom is -0.334 e. The third kappa shape index (κ3) is 2.24. The van der Waals surface area contributed by atoms with E-state index in [4.69, 9.17) is 23.2 Å². The van der Waals surface area contributed by atoms with Crippen LogP contribution in [-0.2, 0) is 6.54 Å². The maximum atomic E-state index is 13.1. The fourth-order valence-corrected chi connectivity index (χ4v) is 4.20. The summed E-state index contributed by atoms with van der Waals surface area (Å²) in [5, 5.41) is 1.31. The summed E-state index contributed by atoms with van der Waals surface area (Å²) in [5.74, 6) is -0.329. The predicted octanol–water partition coefficient (Wildman–Crippen LogP) is 4.83. The highest BCUT2D eigenvalue weighted by atomic mass is 35.5. The third-order valence-electron chi connectivity index (χ3n) is 4.95. The van der Waals surface area contributed by atoms with E-state index in [1.54, 1.807) is 24.4 Å². The van der Waals surface area contributed by atoms with Gasteiger partial charge in [0.1, 0.15) is 5.56 Å². The molecule has 5 rings (SSSR count). The Hall–Kier alpha value is -2.82. The molecule has 0 bridgehead atoms. The van der Waals surface area contributed by atoms with E-state index in [-0.39, 0.29) is 16.9 Å². The zero-order valence-corrected chi connectivity index (χ0v) is 15.5. The average Bonchev–Trinajstić information content (AvgIpc) is 3.23. The largest absolute Gasteiger partial charge is 0.334 e. The molecule has 0 fully saturated rings. The maximum absolute atomic E-state index is 13.1. The van der Waals surface area contributed by atoms with Crippen molar-refractivity contribution in [2.75, 3.05) is 0 Å². The summed E-state index contributed by atoms with van der Waals surface area (Å²) >= 11 is 12.7. The Bertz CT molecular complexity index is 1320. The van der Waals surface area contributed by atoms with Gasteiger partial charge in [-0.05, 0) is 35.9 Å². The molecule has 6 heteroatoms. The van der Waals surface area contributed by atoms with Crippen molar-refractivity contribution in [3.63, 3.8) is 0 Å². The molecule has 0 atom stereocenters. The van der Waals surface area contributed by atoms with Gasteiger partial charge >= 0.3 is 0 Å². The van der Waals surface area contributed by atoms with Gasteiger partial charge in [-0.25, -0.2) is 0 Å². The molecular formula is C21H12Cl2N2O2. The fourth-order valence-electron chi connectivity index (χ4n) is 3.75. The summed E-state index contributed by atoms with van der Waals surface area (Å²) in [6.07, 6.45) is 1.67. The van der Waals surface area contributed by atoms with Crippen LogP contribution in [0.25, 0.3) is 22.3 Å². The van der Waals surface area contributed by atoms with Gasteiger partial charge in [0.15, 0.2) is 0 Å². The normalized spacial score (nSPS) is 12.4. The number of nitrogens with zero attached hydrogens (tertiary/aromatic N) is 2. The second-order valence-corrected chi connectivity index (χ2v) is 7.25. The van der Waals surface area contributed by atoms with Crippen LogP contribution in [0.3, 0.4) is 0 Å². The lowest BCUT2D eigenvalue weighted by Crippen LogP contribution is -2.20. The van der Waals surface area contributed by atoms with Crippen molar-refractivity contribution in [2.45, 2.75) is 6.54 Å². The van der Waals surface area contributed by atoms with Gasteiger partial charge in [0.05, 0.1) is 27.3 Å². The SMILES string of the molecule is O=C1c2c(n(Cc3ccccc3Cl)c3cccc(Cl)c3c2=O)-c2cccn21. The highest BCUT2D eigenvalue weighted by Crippen LogP contribution is 2.35. The number of fused-ring (bicyclic) bond motifs is 4. The zero-order valence-electron chi connectivity index (χ0n) is 13.9. The molecule has 0 spiro atoms. The van der Waals surface area contributed by atoms with Gasteiger partial charge in [-0.15, -0.1) is 0 Å². The molecule has 4 nitrogen and oxygen atoms in total. The summed E-state index contributed by atoms with van der Waals surface area (Å²) in [6.45, 7) is 0.414. The quantitative estimate of drug-likeness (QED) is 0.430. The number of pyridine rings is 1. The van der Waals surface area contributed by atoms with Gasteiger partial charge in [0.25, 0.3) is 5.91 Å². The second-order valence-electron chi connectivity index (χ2n) is 6.43. The van der Waals surface area contributed by atoms with Crippen LogP contribution in [0.4, 0.5) is 0 Å². The summed E-state index contributed by atoms with van der Waals surface area (Å²) in [7, 11) is 0. The molecule has 0 N–H and O–H groups in total. The number of carbonyl (C=O) groups is 1. The molecule has 0 saturated heterocycles. The topological polar surface area (TPSA) is 44.0 Å². The minimum atomic E-state index is -0.338. The molecule has 0 amide bonds. The molecule has 132 valence electrons. The molecule has 2 aromatic carbocycles. The van der Waals surface area contributed by atoms with E-state index in [1.165, 1.54) is 4.57 Å². The molecule has 3 heterocycles. The first-order valence-corrected chi connectivity index (χ1v) is 9.14. The Morgan fingerprint density at radius 3 is 2.44 bits per heavy atom. The number of hydrogen-bond acceptors (Lipinski definition) is 2. The average molecular weight is 395 g/mol. The Balaban J connectivity index is 1.93. The molecule has 2 aromatic heterocycles. The summed E-state index contributed by atoms with van der Waals surface area (Å²) < 4.78 is 3.46. The Morgan fingerprint density at radius 1 is 0.852 bits per heavy atom. The Kier molecular flexibility index (Phi) is 3.54. The van der Waals surface area contributed by atoms with Crippen molar-refractivity contribution in [1.82, 2.24) is 9.13 Å². The zero-order chi connectivity index (χ0) is 18.7. The van der Waals surface area contributed by atoms with E-state index < -0.39 is 0 Å². The molecule has 0 unspecified atom stereocenters. The highest BCUT2D eigenvalue weighted by molar-refractivity contribution is 6.35. The van der Waals surface area contributed by atoms with Gasteiger partial charge in [0.2, 0.25) is 5.43 Å². The van der Waals surface area contributed by atoms with Crippen molar-refractivity contribution in [3.05, 3.63) is 92.2 Å². The monoisotopic (exact) mass is 394 g/mol. The van der Waals surface area contributed by atoms with E-state index >= 15 is 0 Å². The lowest BCUT2D eigenvalue weighted by atomic mass is 10.1. The van der Waals surface area contributed by atoms with Crippen LogP contribution in [-0.4, -0.2) is 15.0 Å². The minimum absolute atomic E-state index is 0.151. The van der Waals surface area contributed by atoms with E-state index in [0.29, 0.717) is 38.9 Å². The van der Waals surface area contributed by atoms with Crippen molar-refractivity contribution >= 4 is 40.0 Å². The Labute approximate surface area is 164 Å². The lowest BCUT2D eigenvalue weighted by molar-refractivity contribution is 0.0968. The first kappa shape index (κ1) is 16.4. The third-order valence-corrected chi connectivity index (χ3v) is 5.64. The van der Waals surface area contributed by atoms with Crippen LogP contribution >= 0.6 is 23.2 Å². The van der Waals surface area contributed by atoms with Gasteiger partial charge in [-0.2, -0.15) is 0 Å². The molecule has 0 aliphatic carbocycles. The fraction of sp³-hybridized carbons (Fsp3) is 0.0476. The summed E-state index contributed by atoms with van der Waals surface area (Å²) in [5.41, 5.74) is 2.68. The first-order chi connectivity index (χ1) is 13.1. The maximum Gasteiger partial charge on any atom is 0.268 e. The summed E-state index contributed by atoms with van der Waals surface area (Å²) in [4.78, 5) is 26.0. The van der Waals surface area contributed by atoms with E-state index in [1.807, 2.05) is 41.0 Å². The van der Waals surface area contributed by atoms with Crippen LogP contribution in [0.15, 0.2) is 65.6 Å². The number of aromatic nitrogens is 2. The van der Waals surface area contributed by atoms with Crippen molar-refractivity contribution in [2.24, 2.45) is 0 Å². The van der Waals surface area contributed by atoms with Gasteiger partial charge in [0, 0.05) is 17.8 Å². The molecule has 1 aliphatic rings. The second kappa shape index (κ2) is 5.84. The van der Waals surface area contributed by atoms with Crippen LogP contribution in [0.2, 0.25) is 10.0 Å².